The van der Waals surface area contributed by atoms with Crippen LogP contribution in [0.1, 0.15) is 17.5 Å². The van der Waals surface area contributed by atoms with E-state index < -0.39 is 11.6 Å². The number of aromatic nitrogens is 1. The van der Waals surface area contributed by atoms with Crippen LogP contribution < -0.4 is 9.47 Å². The van der Waals surface area contributed by atoms with E-state index in [4.69, 9.17) is 9.47 Å². The van der Waals surface area contributed by atoms with Crippen LogP contribution in [-0.2, 0) is 6.61 Å². The zero-order valence-electron chi connectivity index (χ0n) is 15.9. The van der Waals surface area contributed by atoms with Gasteiger partial charge in [0, 0.05) is 23.4 Å². The lowest BCUT2D eigenvalue weighted by Gasteiger charge is -2.10. The van der Waals surface area contributed by atoms with Crippen LogP contribution in [0.3, 0.4) is 0 Å². The Morgan fingerprint density at radius 3 is 2.52 bits per heavy atom. The van der Waals surface area contributed by atoms with Gasteiger partial charge in [0.15, 0.2) is 11.6 Å². The van der Waals surface area contributed by atoms with E-state index in [0.29, 0.717) is 29.0 Å². The SMILES string of the molecule is C=CCCOc1ccc(-c2ccc(OCc3ccc(C)c(F)c3)nc2)c(F)c1F. The topological polar surface area (TPSA) is 31.4 Å². The fraction of sp³-hybridized carbons (Fsp3) is 0.174. The molecule has 0 saturated carbocycles. The summed E-state index contributed by atoms with van der Waals surface area (Å²) >= 11 is 0. The van der Waals surface area contributed by atoms with Crippen molar-refractivity contribution in [2.75, 3.05) is 6.61 Å². The molecule has 6 heteroatoms. The van der Waals surface area contributed by atoms with Crippen molar-refractivity contribution in [1.29, 1.82) is 0 Å². The van der Waals surface area contributed by atoms with E-state index in [1.807, 2.05) is 0 Å². The number of nitrogens with zero attached hydrogens (tertiary/aromatic N) is 1. The zero-order chi connectivity index (χ0) is 20.8. The predicted octanol–water partition coefficient (Wildman–Crippen LogP) is 6.01. The molecule has 1 heterocycles. The van der Waals surface area contributed by atoms with Gasteiger partial charge in [0.25, 0.3) is 0 Å². The van der Waals surface area contributed by atoms with E-state index in [1.54, 1.807) is 37.3 Å². The van der Waals surface area contributed by atoms with Crippen LogP contribution in [-0.4, -0.2) is 11.6 Å². The smallest absolute Gasteiger partial charge is 0.213 e. The standard InChI is InChI=1S/C23H20F3NO2/c1-3-4-11-28-20-9-8-18(22(25)23(20)26)17-7-10-21(27-13-17)29-14-16-6-5-15(2)19(24)12-16/h3,5-10,12-13H,1,4,11,14H2,2H3. The van der Waals surface area contributed by atoms with Gasteiger partial charge in [0.05, 0.1) is 6.61 Å². The summed E-state index contributed by atoms with van der Waals surface area (Å²) in [6, 6.07) is 10.8. The number of hydrogen-bond donors (Lipinski definition) is 0. The van der Waals surface area contributed by atoms with E-state index in [9.17, 15) is 13.2 Å². The van der Waals surface area contributed by atoms with Gasteiger partial charge in [-0.15, -0.1) is 6.58 Å². The van der Waals surface area contributed by atoms with Crippen molar-refractivity contribution in [3.05, 3.63) is 89.9 Å². The van der Waals surface area contributed by atoms with Gasteiger partial charge >= 0.3 is 0 Å². The molecule has 0 amide bonds. The summed E-state index contributed by atoms with van der Waals surface area (Å²) in [5.41, 5.74) is 1.69. The molecule has 0 aliphatic rings. The molecule has 0 aliphatic carbocycles. The van der Waals surface area contributed by atoms with Crippen molar-refractivity contribution in [1.82, 2.24) is 4.98 Å². The molecule has 0 spiro atoms. The van der Waals surface area contributed by atoms with Crippen molar-refractivity contribution >= 4 is 0 Å². The van der Waals surface area contributed by atoms with Gasteiger partial charge in [0.2, 0.25) is 11.7 Å². The van der Waals surface area contributed by atoms with Crippen molar-refractivity contribution < 1.29 is 22.6 Å². The first kappa shape index (κ1) is 20.5. The summed E-state index contributed by atoms with van der Waals surface area (Å²) < 4.78 is 53.0. The first-order valence-corrected chi connectivity index (χ1v) is 9.05. The second-order valence-electron chi connectivity index (χ2n) is 6.42. The first-order valence-electron chi connectivity index (χ1n) is 9.05. The molecular formula is C23H20F3NO2. The molecule has 3 aromatic rings. The maximum absolute atomic E-state index is 14.4. The molecule has 0 atom stereocenters. The Balaban J connectivity index is 1.70. The van der Waals surface area contributed by atoms with Crippen LogP contribution in [0.15, 0.2) is 61.3 Å². The minimum atomic E-state index is -1.05. The molecule has 0 radical (unpaired) electrons. The lowest BCUT2D eigenvalue weighted by molar-refractivity contribution is 0.293. The fourth-order valence-electron chi connectivity index (χ4n) is 2.63. The number of benzene rings is 2. The normalized spacial score (nSPS) is 10.6. The summed E-state index contributed by atoms with van der Waals surface area (Å²) in [5.74, 6) is -2.21. The van der Waals surface area contributed by atoms with Crippen molar-refractivity contribution in [2.45, 2.75) is 20.0 Å². The third-order valence-electron chi connectivity index (χ3n) is 4.30. The summed E-state index contributed by atoms with van der Waals surface area (Å²) in [4.78, 5) is 4.12. The van der Waals surface area contributed by atoms with E-state index in [0.717, 1.165) is 0 Å². The molecule has 0 N–H and O–H groups in total. The third-order valence-corrected chi connectivity index (χ3v) is 4.30. The molecule has 29 heavy (non-hydrogen) atoms. The highest BCUT2D eigenvalue weighted by Crippen LogP contribution is 2.30. The van der Waals surface area contributed by atoms with Gasteiger partial charge in [-0.2, -0.15) is 4.39 Å². The maximum Gasteiger partial charge on any atom is 0.213 e. The third kappa shape index (κ3) is 4.96. The van der Waals surface area contributed by atoms with E-state index in [1.165, 1.54) is 24.4 Å². The van der Waals surface area contributed by atoms with Gasteiger partial charge in [0.1, 0.15) is 12.4 Å². The summed E-state index contributed by atoms with van der Waals surface area (Å²) in [5, 5.41) is 0. The average molecular weight is 399 g/mol. The monoisotopic (exact) mass is 399 g/mol. The largest absolute Gasteiger partial charge is 0.490 e. The van der Waals surface area contributed by atoms with Crippen molar-refractivity contribution in [2.24, 2.45) is 0 Å². The van der Waals surface area contributed by atoms with Gasteiger partial charge in [-0.3, -0.25) is 0 Å². The lowest BCUT2D eigenvalue weighted by Crippen LogP contribution is -2.01. The van der Waals surface area contributed by atoms with Crippen molar-refractivity contribution in [3.63, 3.8) is 0 Å². The number of aryl methyl sites for hydroxylation is 1. The summed E-state index contributed by atoms with van der Waals surface area (Å²) in [7, 11) is 0. The van der Waals surface area contributed by atoms with Gasteiger partial charge < -0.3 is 9.47 Å². The lowest BCUT2D eigenvalue weighted by atomic mass is 10.1. The van der Waals surface area contributed by atoms with Gasteiger partial charge in [-0.25, -0.2) is 13.8 Å². The number of pyridine rings is 1. The van der Waals surface area contributed by atoms with Crippen LogP contribution in [0.4, 0.5) is 13.2 Å². The van der Waals surface area contributed by atoms with Crippen LogP contribution >= 0.6 is 0 Å². The maximum atomic E-state index is 14.4. The fourth-order valence-corrected chi connectivity index (χ4v) is 2.63. The van der Waals surface area contributed by atoms with Crippen LogP contribution in [0.25, 0.3) is 11.1 Å². The zero-order valence-corrected chi connectivity index (χ0v) is 15.9. The molecule has 0 aliphatic heterocycles. The summed E-state index contributed by atoms with van der Waals surface area (Å²) in [6.07, 6.45) is 3.55. The Morgan fingerprint density at radius 2 is 1.83 bits per heavy atom. The highest BCUT2D eigenvalue weighted by molar-refractivity contribution is 5.64. The molecule has 1 aromatic heterocycles. The van der Waals surface area contributed by atoms with E-state index in [-0.39, 0.29) is 30.3 Å². The quantitative estimate of drug-likeness (QED) is 0.343. The number of halogens is 3. The molecule has 150 valence electrons. The molecule has 2 aromatic carbocycles. The molecule has 0 unspecified atom stereocenters. The number of rotatable bonds is 8. The molecule has 0 bridgehead atoms. The Morgan fingerprint density at radius 1 is 1.00 bits per heavy atom. The minimum Gasteiger partial charge on any atom is -0.490 e. The highest BCUT2D eigenvalue weighted by Gasteiger charge is 2.16. The number of hydrogen-bond acceptors (Lipinski definition) is 3. The predicted molar refractivity (Wildman–Crippen MR) is 105 cm³/mol. The van der Waals surface area contributed by atoms with Crippen molar-refractivity contribution in [3.8, 4) is 22.8 Å². The average Bonchev–Trinajstić information content (AvgIpc) is 2.73. The highest BCUT2D eigenvalue weighted by atomic mass is 19.2. The van der Waals surface area contributed by atoms with E-state index in [2.05, 4.69) is 11.6 Å². The molecule has 0 saturated heterocycles. The molecular weight excluding hydrogens is 379 g/mol. The second-order valence-corrected chi connectivity index (χ2v) is 6.42. The van der Waals surface area contributed by atoms with E-state index >= 15 is 0 Å². The Hall–Kier alpha value is -3.28. The van der Waals surface area contributed by atoms with Crippen LogP contribution in [0.5, 0.6) is 11.6 Å². The van der Waals surface area contributed by atoms with Crippen LogP contribution in [0, 0.1) is 24.4 Å². The van der Waals surface area contributed by atoms with Gasteiger partial charge in [-0.1, -0.05) is 18.2 Å². The van der Waals surface area contributed by atoms with Crippen LogP contribution in [0.2, 0.25) is 0 Å². The molecule has 3 nitrogen and oxygen atoms in total. The number of ether oxygens (including phenoxy) is 2. The molecule has 3 rings (SSSR count). The Kier molecular flexibility index (Phi) is 6.54. The first-order chi connectivity index (χ1) is 14.0. The molecule has 0 fully saturated rings. The Labute approximate surface area is 167 Å². The minimum absolute atomic E-state index is 0.0678. The Bertz CT molecular complexity index is 1000. The summed E-state index contributed by atoms with van der Waals surface area (Å²) in [6.45, 7) is 5.59. The second kappa shape index (κ2) is 9.28. The van der Waals surface area contributed by atoms with Gasteiger partial charge in [-0.05, 0) is 48.7 Å².